The number of hydrogen-bond acceptors (Lipinski definition) is 9. The van der Waals surface area contributed by atoms with E-state index in [1.54, 1.807) is 0 Å². The van der Waals surface area contributed by atoms with E-state index < -0.39 is 37.0 Å². The molecule has 6 atom stereocenters. The van der Waals surface area contributed by atoms with Gasteiger partial charge < -0.3 is 37.9 Å². The zero-order chi connectivity index (χ0) is 29.8. The summed E-state index contributed by atoms with van der Waals surface area (Å²) in [5, 5.41) is 0. The minimum Gasteiger partial charge on any atom is -0.462 e. The number of hydrogen-bond donors (Lipinski definition) is 0. The van der Waals surface area contributed by atoms with Crippen LogP contribution in [0.4, 0.5) is 0 Å². The lowest BCUT2D eigenvalue weighted by molar-refractivity contribution is -0.360. The smallest absolute Gasteiger partial charge is 0.229 e. The summed E-state index contributed by atoms with van der Waals surface area (Å²) in [5.41, 5.74) is 2.27. The summed E-state index contributed by atoms with van der Waals surface area (Å²) in [6, 6.07) is 30.1. The van der Waals surface area contributed by atoms with Crippen LogP contribution >= 0.6 is 0 Å². The third-order valence-electron chi connectivity index (χ3n) is 8.09. The average Bonchev–Trinajstić information content (AvgIpc) is 3.08. The van der Waals surface area contributed by atoms with Gasteiger partial charge in [-0.05, 0) is 24.1 Å². The van der Waals surface area contributed by atoms with Gasteiger partial charge in [-0.1, -0.05) is 78.9 Å². The molecule has 0 N–H and O–H groups in total. The Morgan fingerprint density at radius 3 is 1.95 bits per heavy atom. The molecule has 0 aromatic heterocycles. The Bertz CT molecular complexity index is 1220. The Kier molecular flexibility index (Phi) is 11.6. The van der Waals surface area contributed by atoms with Crippen LogP contribution in [-0.2, 0) is 39.6 Å². The molecule has 0 unspecified atom stereocenters. The van der Waals surface area contributed by atoms with Crippen molar-refractivity contribution in [1.29, 1.82) is 0 Å². The molecule has 3 heterocycles. The predicted molar refractivity (Wildman–Crippen MR) is 163 cm³/mol. The molecule has 3 saturated heterocycles. The van der Waals surface area contributed by atoms with Crippen molar-refractivity contribution in [1.82, 2.24) is 4.90 Å². The fourth-order valence-corrected chi connectivity index (χ4v) is 5.76. The van der Waals surface area contributed by atoms with Crippen LogP contribution in [0.25, 0.3) is 0 Å². The van der Waals surface area contributed by atoms with E-state index in [2.05, 4.69) is 29.2 Å². The van der Waals surface area contributed by atoms with Gasteiger partial charge in [0.25, 0.3) is 0 Å². The second kappa shape index (κ2) is 16.5. The van der Waals surface area contributed by atoms with Crippen LogP contribution in [0.1, 0.15) is 17.4 Å². The maximum Gasteiger partial charge on any atom is 0.229 e. The highest BCUT2D eigenvalue weighted by Gasteiger charge is 2.52. The lowest BCUT2D eigenvalue weighted by Crippen LogP contribution is -2.64. The molecule has 6 rings (SSSR count). The largest absolute Gasteiger partial charge is 0.462 e. The maximum atomic E-state index is 6.53. The molecule has 0 bridgehead atoms. The molecule has 0 saturated carbocycles. The first-order chi connectivity index (χ1) is 21.8. The first-order valence-corrected chi connectivity index (χ1v) is 15.7. The number of ether oxygens (including phenoxy) is 8. The highest BCUT2D eigenvalue weighted by atomic mass is 16.8. The fraction of sp³-hybridized carbons (Fsp3) is 0.486. The molecular formula is C35H43NO8. The summed E-state index contributed by atoms with van der Waals surface area (Å²) in [5.74, 6) is 0.684. The lowest BCUT2D eigenvalue weighted by atomic mass is 9.97. The Labute approximate surface area is 259 Å². The highest BCUT2D eigenvalue weighted by molar-refractivity contribution is 5.22. The van der Waals surface area contributed by atoms with Crippen LogP contribution < -0.4 is 4.74 Å². The van der Waals surface area contributed by atoms with E-state index in [1.165, 1.54) is 5.56 Å². The van der Waals surface area contributed by atoms with Crippen molar-refractivity contribution in [3.63, 3.8) is 0 Å². The van der Waals surface area contributed by atoms with Crippen molar-refractivity contribution in [3.8, 4) is 5.75 Å². The zero-order valence-corrected chi connectivity index (χ0v) is 25.1. The first-order valence-electron chi connectivity index (χ1n) is 15.7. The van der Waals surface area contributed by atoms with Gasteiger partial charge in [0.15, 0.2) is 6.29 Å². The van der Waals surface area contributed by atoms with Gasteiger partial charge in [0.05, 0.1) is 46.2 Å². The summed E-state index contributed by atoms with van der Waals surface area (Å²) < 4.78 is 50.5. The van der Waals surface area contributed by atoms with Gasteiger partial charge in [0.2, 0.25) is 6.29 Å². The molecular weight excluding hydrogens is 562 g/mol. The van der Waals surface area contributed by atoms with Crippen LogP contribution in [0, 0.1) is 0 Å². The molecule has 9 nitrogen and oxygen atoms in total. The van der Waals surface area contributed by atoms with E-state index in [-0.39, 0.29) is 0 Å². The van der Waals surface area contributed by atoms with Crippen LogP contribution in [0.2, 0.25) is 0 Å². The van der Waals surface area contributed by atoms with Crippen LogP contribution in [0.3, 0.4) is 0 Å². The average molecular weight is 606 g/mol. The summed E-state index contributed by atoms with van der Waals surface area (Å²) in [4.78, 5) is 2.38. The molecule has 3 fully saturated rings. The van der Waals surface area contributed by atoms with E-state index in [4.69, 9.17) is 37.9 Å². The topological polar surface area (TPSA) is 77.1 Å². The van der Waals surface area contributed by atoms with Crippen LogP contribution in [0.15, 0.2) is 91.0 Å². The molecule has 3 aromatic carbocycles. The van der Waals surface area contributed by atoms with E-state index >= 15 is 0 Å². The van der Waals surface area contributed by atoms with Gasteiger partial charge in [-0.25, -0.2) is 0 Å². The van der Waals surface area contributed by atoms with Crippen molar-refractivity contribution in [3.05, 3.63) is 102 Å². The number of para-hydroxylation sites is 1. The molecule has 3 aromatic rings. The summed E-state index contributed by atoms with van der Waals surface area (Å²) >= 11 is 0. The Morgan fingerprint density at radius 1 is 0.614 bits per heavy atom. The second-order valence-electron chi connectivity index (χ2n) is 11.1. The van der Waals surface area contributed by atoms with Crippen molar-refractivity contribution in [2.24, 2.45) is 0 Å². The normalized spacial score (nSPS) is 29.4. The van der Waals surface area contributed by atoms with Crippen molar-refractivity contribution in [2.75, 3.05) is 65.9 Å². The SMILES string of the molecule is c1ccc(CCN2CCOCCO[C@@H]3[C@@H](OCCOCC2)[C@H](Oc2ccccc2)O[C@@H]2CO[C@@H](c4ccccc4)O[C@@H]32)cc1. The molecule has 0 spiro atoms. The third-order valence-corrected chi connectivity index (χ3v) is 8.09. The Morgan fingerprint density at radius 2 is 1.25 bits per heavy atom. The molecule has 0 aliphatic carbocycles. The fourth-order valence-electron chi connectivity index (χ4n) is 5.76. The molecule has 236 valence electrons. The third kappa shape index (κ3) is 8.65. The number of rotatable bonds is 6. The monoisotopic (exact) mass is 605 g/mol. The number of benzene rings is 3. The van der Waals surface area contributed by atoms with Crippen molar-refractivity contribution >= 4 is 0 Å². The van der Waals surface area contributed by atoms with E-state index in [0.29, 0.717) is 52.0 Å². The minimum absolute atomic E-state index is 0.337. The molecule has 44 heavy (non-hydrogen) atoms. The molecule has 3 aliphatic rings. The standard InChI is InChI=1S/C35H43NO8/c1-4-10-27(11-5-1)16-17-36-18-20-37-22-24-39-32-31-30(26-41-34(44-31)28-12-6-2-7-13-28)43-35(42-29-14-8-3-9-15-29)33(32)40-25-23-38-21-19-36/h1-15,30-35H,16-26H2/t30-,31-,32+,33-,34-,35-/m1/s1. The van der Waals surface area contributed by atoms with Crippen molar-refractivity contribution < 1.29 is 37.9 Å². The molecule has 3 aliphatic heterocycles. The zero-order valence-electron chi connectivity index (χ0n) is 25.1. The van der Waals surface area contributed by atoms with E-state index in [0.717, 1.165) is 31.6 Å². The van der Waals surface area contributed by atoms with Gasteiger partial charge in [-0.15, -0.1) is 0 Å². The highest BCUT2D eigenvalue weighted by Crippen LogP contribution is 2.37. The van der Waals surface area contributed by atoms with Crippen molar-refractivity contribution in [2.45, 2.75) is 43.4 Å². The van der Waals surface area contributed by atoms with Crippen LogP contribution in [-0.4, -0.2) is 101 Å². The molecule has 0 radical (unpaired) electrons. The van der Waals surface area contributed by atoms with Gasteiger partial charge in [-0.2, -0.15) is 0 Å². The summed E-state index contributed by atoms with van der Waals surface area (Å²) in [7, 11) is 0. The Hall–Kier alpha value is -2.86. The van der Waals surface area contributed by atoms with Gasteiger partial charge >= 0.3 is 0 Å². The summed E-state index contributed by atoms with van der Waals surface area (Å²) in [6.45, 7) is 5.77. The minimum atomic E-state index is -0.728. The van der Waals surface area contributed by atoms with Gasteiger partial charge in [0.1, 0.15) is 30.2 Å². The van der Waals surface area contributed by atoms with E-state index in [9.17, 15) is 0 Å². The van der Waals surface area contributed by atoms with E-state index in [1.807, 2.05) is 66.7 Å². The number of nitrogens with zero attached hydrogens (tertiary/aromatic N) is 1. The number of fused-ring (bicyclic) bond motifs is 3. The molecule has 0 amide bonds. The van der Waals surface area contributed by atoms with Crippen LogP contribution in [0.5, 0.6) is 5.75 Å². The maximum absolute atomic E-state index is 6.53. The molecule has 9 heteroatoms. The van der Waals surface area contributed by atoms with Gasteiger partial charge in [0, 0.05) is 25.2 Å². The predicted octanol–water partition coefficient (Wildman–Crippen LogP) is 4.27. The second-order valence-corrected chi connectivity index (χ2v) is 11.1. The van der Waals surface area contributed by atoms with Gasteiger partial charge in [-0.3, -0.25) is 4.90 Å². The summed E-state index contributed by atoms with van der Waals surface area (Å²) in [6.07, 6.45) is -2.15. The lowest BCUT2D eigenvalue weighted by Gasteiger charge is -2.48. The quantitative estimate of drug-likeness (QED) is 0.410. The first kappa shape index (κ1) is 31.1. The Balaban J connectivity index is 1.14.